The van der Waals surface area contributed by atoms with Gasteiger partial charge in [-0.05, 0) is 26.2 Å². The van der Waals surface area contributed by atoms with E-state index in [1.54, 1.807) is 19.0 Å². The van der Waals surface area contributed by atoms with E-state index >= 15 is 0 Å². The van der Waals surface area contributed by atoms with Crippen molar-refractivity contribution < 1.29 is 9.53 Å². The van der Waals surface area contributed by atoms with Crippen LogP contribution in [0.25, 0.3) is 0 Å². The number of carbonyl (C=O) groups is 1. The molecule has 0 spiro atoms. The maximum absolute atomic E-state index is 11.6. The van der Waals surface area contributed by atoms with Crippen molar-refractivity contribution in [3.8, 4) is 0 Å². The normalized spacial score (nSPS) is 14.6. The monoisotopic (exact) mass is 424 g/mol. The van der Waals surface area contributed by atoms with Crippen molar-refractivity contribution in [2.24, 2.45) is 4.99 Å². The minimum Gasteiger partial charge on any atom is -0.382 e. The zero-order valence-corrected chi connectivity index (χ0v) is 16.1. The second kappa shape index (κ2) is 12.7. The van der Waals surface area contributed by atoms with Gasteiger partial charge in [0, 0.05) is 39.9 Å². The third-order valence-corrected chi connectivity index (χ3v) is 3.18. The molecule has 0 bridgehead atoms. The molecule has 0 atom stereocenters. The quantitative estimate of drug-likeness (QED) is 0.203. The number of hydrogen-bond donors (Lipinski definition) is 2. The molecule has 0 heterocycles. The van der Waals surface area contributed by atoms with Gasteiger partial charge in [0.2, 0.25) is 5.91 Å². The summed E-state index contributed by atoms with van der Waals surface area (Å²) in [5.74, 6) is 0.699. The first kappa shape index (κ1) is 21.2. The Labute approximate surface area is 150 Å². The second-order valence-electron chi connectivity index (χ2n) is 5.21. The van der Waals surface area contributed by atoms with Crippen molar-refractivity contribution in [2.75, 3.05) is 40.4 Å². The molecule has 0 aromatic carbocycles. The number of hydrogen-bond acceptors (Lipinski definition) is 3. The molecule has 1 rings (SSSR count). The molecule has 0 aromatic heterocycles. The summed E-state index contributed by atoms with van der Waals surface area (Å²) in [7, 11) is 3.47. The van der Waals surface area contributed by atoms with E-state index in [1.165, 1.54) is 0 Å². The number of likely N-dealkylation sites (N-methyl/N-ethyl adjacent to an activating group) is 1. The number of carbonyl (C=O) groups excluding carboxylic acids is 1. The van der Waals surface area contributed by atoms with Gasteiger partial charge < -0.3 is 20.3 Å². The molecule has 128 valence electrons. The Morgan fingerprint density at radius 3 is 2.64 bits per heavy atom. The molecule has 22 heavy (non-hydrogen) atoms. The highest BCUT2D eigenvalue weighted by Crippen LogP contribution is 2.08. The van der Waals surface area contributed by atoms with Crippen LogP contribution in [0.5, 0.6) is 0 Å². The highest BCUT2D eigenvalue weighted by atomic mass is 127. The highest BCUT2D eigenvalue weighted by molar-refractivity contribution is 14.0. The Morgan fingerprint density at radius 1 is 1.36 bits per heavy atom. The third kappa shape index (κ3) is 9.24. The molecular weight excluding hydrogens is 395 g/mol. The number of nitrogens with one attached hydrogen (secondary N) is 2. The van der Waals surface area contributed by atoms with Crippen LogP contribution in [-0.4, -0.2) is 63.2 Å². The lowest BCUT2D eigenvalue weighted by molar-refractivity contribution is -0.127. The summed E-state index contributed by atoms with van der Waals surface area (Å²) in [6.45, 7) is 4.40. The van der Waals surface area contributed by atoms with Crippen LogP contribution >= 0.6 is 24.0 Å². The van der Waals surface area contributed by atoms with E-state index in [-0.39, 0.29) is 36.4 Å². The van der Waals surface area contributed by atoms with Crippen LogP contribution in [0.1, 0.15) is 26.2 Å². The third-order valence-electron chi connectivity index (χ3n) is 3.18. The van der Waals surface area contributed by atoms with Gasteiger partial charge in [0.15, 0.2) is 5.96 Å². The molecule has 1 amide bonds. The number of amides is 1. The Hall–Kier alpha value is -0.830. The van der Waals surface area contributed by atoms with E-state index in [0.717, 1.165) is 39.0 Å². The maximum atomic E-state index is 11.6. The largest absolute Gasteiger partial charge is 0.382 e. The highest BCUT2D eigenvalue weighted by Gasteiger charge is 2.12. The second-order valence-corrected chi connectivity index (χ2v) is 5.21. The minimum absolute atomic E-state index is 0. The van der Waals surface area contributed by atoms with Gasteiger partial charge in [0.1, 0.15) is 6.54 Å². The zero-order chi connectivity index (χ0) is 15.5. The zero-order valence-electron chi connectivity index (χ0n) is 13.8. The molecule has 6 nitrogen and oxygen atoms in total. The fourth-order valence-corrected chi connectivity index (χ4v) is 1.89. The average molecular weight is 424 g/mol. The van der Waals surface area contributed by atoms with Crippen molar-refractivity contribution in [1.29, 1.82) is 0 Å². The number of nitrogens with zero attached hydrogens (tertiary/aromatic N) is 2. The van der Waals surface area contributed by atoms with Crippen molar-refractivity contribution in [3.05, 3.63) is 12.2 Å². The molecule has 2 N–H and O–H groups in total. The predicted octanol–water partition coefficient (Wildman–Crippen LogP) is 1.37. The smallest absolute Gasteiger partial charge is 0.243 e. The Balaban J connectivity index is 0.00000441. The van der Waals surface area contributed by atoms with E-state index in [0.29, 0.717) is 12.0 Å². The number of aliphatic imine (C=N–C) groups is 1. The summed E-state index contributed by atoms with van der Waals surface area (Å²) < 4.78 is 5.31. The van der Waals surface area contributed by atoms with Crippen LogP contribution < -0.4 is 10.6 Å². The van der Waals surface area contributed by atoms with Gasteiger partial charge in [0.25, 0.3) is 0 Å². The fourth-order valence-electron chi connectivity index (χ4n) is 1.89. The molecule has 0 fully saturated rings. The molecule has 1 aliphatic rings. The Bertz CT molecular complexity index is 365. The molecule has 0 radical (unpaired) electrons. The van der Waals surface area contributed by atoms with Gasteiger partial charge in [-0.3, -0.25) is 4.79 Å². The van der Waals surface area contributed by atoms with Gasteiger partial charge in [-0.15, -0.1) is 24.0 Å². The molecule has 7 heteroatoms. The van der Waals surface area contributed by atoms with E-state index in [2.05, 4.69) is 27.8 Å². The summed E-state index contributed by atoms with van der Waals surface area (Å²) in [5, 5.41) is 6.63. The number of rotatable bonds is 8. The first-order chi connectivity index (χ1) is 10.1. The molecular formula is C15H29IN4O2. The van der Waals surface area contributed by atoms with Gasteiger partial charge >= 0.3 is 0 Å². The number of ether oxygens (including phenoxy) is 1. The first-order valence-corrected chi connectivity index (χ1v) is 7.61. The lowest BCUT2D eigenvalue weighted by Gasteiger charge is -2.18. The molecule has 0 unspecified atom stereocenters. The fraction of sp³-hybridized carbons (Fsp3) is 0.733. The molecule has 0 aliphatic heterocycles. The summed E-state index contributed by atoms with van der Waals surface area (Å²) >= 11 is 0. The van der Waals surface area contributed by atoms with Crippen molar-refractivity contribution in [2.45, 2.75) is 32.2 Å². The summed E-state index contributed by atoms with van der Waals surface area (Å²) in [5.41, 5.74) is 0. The van der Waals surface area contributed by atoms with E-state index < -0.39 is 0 Å². The van der Waals surface area contributed by atoms with Crippen LogP contribution in [0.4, 0.5) is 0 Å². The lowest BCUT2D eigenvalue weighted by atomic mass is 10.2. The van der Waals surface area contributed by atoms with Crippen LogP contribution in [0.3, 0.4) is 0 Å². The van der Waals surface area contributed by atoms with Crippen molar-refractivity contribution in [1.82, 2.24) is 15.5 Å². The van der Waals surface area contributed by atoms with Crippen molar-refractivity contribution >= 4 is 35.8 Å². The van der Waals surface area contributed by atoms with Crippen LogP contribution in [0.2, 0.25) is 0 Å². The summed E-state index contributed by atoms with van der Waals surface area (Å²) in [6, 6.07) is 0.373. The summed E-state index contributed by atoms with van der Waals surface area (Å²) in [4.78, 5) is 17.5. The summed E-state index contributed by atoms with van der Waals surface area (Å²) in [6.07, 6.45) is 7.24. The average Bonchev–Trinajstić information content (AvgIpc) is 2.96. The van der Waals surface area contributed by atoms with Crippen LogP contribution in [0, 0.1) is 0 Å². The predicted molar refractivity (Wildman–Crippen MR) is 101 cm³/mol. The van der Waals surface area contributed by atoms with Crippen LogP contribution in [0.15, 0.2) is 17.1 Å². The van der Waals surface area contributed by atoms with Gasteiger partial charge in [-0.2, -0.15) is 0 Å². The van der Waals surface area contributed by atoms with E-state index in [9.17, 15) is 4.79 Å². The Morgan fingerprint density at radius 2 is 2.05 bits per heavy atom. The van der Waals surface area contributed by atoms with Gasteiger partial charge in [-0.25, -0.2) is 4.99 Å². The Kier molecular flexibility index (Phi) is 12.2. The molecule has 1 aliphatic carbocycles. The molecule has 0 saturated heterocycles. The number of guanidine groups is 1. The standard InChI is InChI=1S/C15H28N4O2.HI/c1-4-21-11-7-10-16-15(17-12-14(20)19(2)3)18-13-8-5-6-9-13;/h5-6,13H,4,7-12H2,1-3H3,(H2,16,17,18);1H. The molecule has 0 aromatic rings. The maximum Gasteiger partial charge on any atom is 0.243 e. The van der Waals surface area contributed by atoms with Crippen LogP contribution in [-0.2, 0) is 9.53 Å². The topological polar surface area (TPSA) is 66.0 Å². The van der Waals surface area contributed by atoms with Gasteiger partial charge in [0.05, 0.1) is 0 Å². The number of halogens is 1. The first-order valence-electron chi connectivity index (χ1n) is 7.61. The van der Waals surface area contributed by atoms with E-state index in [4.69, 9.17) is 4.74 Å². The SMILES string of the molecule is CCOCCCNC(=NCC(=O)N(C)C)NC1CC=CC1.I. The van der Waals surface area contributed by atoms with Gasteiger partial charge in [-0.1, -0.05) is 12.2 Å². The van der Waals surface area contributed by atoms with Crippen molar-refractivity contribution in [3.63, 3.8) is 0 Å². The van der Waals surface area contributed by atoms with E-state index in [1.807, 2.05) is 6.92 Å². The minimum atomic E-state index is -0.00466. The lowest BCUT2D eigenvalue weighted by Crippen LogP contribution is -2.43. The molecule has 0 saturated carbocycles.